The van der Waals surface area contributed by atoms with E-state index in [9.17, 15) is 0 Å². The first kappa shape index (κ1) is 13.2. The van der Waals surface area contributed by atoms with Crippen molar-refractivity contribution < 1.29 is 4.74 Å². The molecule has 1 aromatic carbocycles. The fourth-order valence-electron chi connectivity index (χ4n) is 2.97. The van der Waals surface area contributed by atoms with Crippen LogP contribution in [0.5, 0.6) is 0 Å². The lowest BCUT2D eigenvalue weighted by Gasteiger charge is -2.14. The lowest BCUT2D eigenvalue weighted by atomic mass is 9.94. The molecule has 1 aliphatic carbocycles. The van der Waals surface area contributed by atoms with Crippen molar-refractivity contribution in [1.82, 2.24) is 0 Å². The summed E-state index contributed by atoms with van der Waals surface area (Å²) in [5.74, 6) is 1.73. The van der Waals surface area contributed by atoms with Gasteiger partial charge < -0.3 is 4.74 Å². The molecule has 98 valence electrons. The molecule has 0 bridgehead atoms. The lowest BCUT2D eigenvalue weighted by Crippen LogP contribution is -2.00. The van der Waals surface area contributed by atoms with Crippen molar-refractivity contribution in [2.45, 2.75) is 45.4 Å². The smallest absolute Gasteiger partial charge is 0.119 e. The van der Waals surface area contributed by atoms with Gasteiger partial charge in [0.1, 0.15) is 5.76 Å². The highest BCUT2D eigenvalue weighted by molar-refractivity contribution is 5.61. The summed E-state index contributed by atoms with van der Waals surface area (Å²) in [6.45, 7) is 6.14. The normalized spacial score (nSPS) is 15.9. The number of aryl methyl sites for hydroxylation is 2. The minimum absolute atomic E-state index is 0.788. The van der Waals surface area contributed by atoms with E-state index in [1.165, 1.54) is 48.8 Å². The SMILES string of the molecule is C=C(OC)c1ccc(C)cc1CCC1CCCC1. The van der Waals surface area contributed by atoms with E-state index in [-0.39, 0.29) is 0 Å². The number of hydrogen-bond donors (Lipinski definition) is 0. The molecule has 0 atom stereocenters. The van der Waals surface area contributed by atoms with Crippen LogP contribution in [0, 0.1) is 12.8 Å². The Morgan fingerprint density at radius 3 is 2.72 bits per heavy atom. The predicted octanol–water partition coefficient (Wildman–Crippen LogP) is 4.73. The highest BCUT2D eigenvalue weighted by Crippen LogP contribution is 2.30. The van der Waals surface area contributed by atoms with Gasteiger partial charge in [0.15, 0.2) is 0 Å². The molecule has 0 radical (unpaired) electrons. The molecule has 0 spiro atoms. The van der Waals surface area contributed by atoms with Gasteiger partial charge in [0.05, 0.1) is 7.11 Å². The van der Waals surface area contributed by atoms with E-state index in [0.29, 0.717) is 0 Å². The number of hydrogen-bond acceptors (Lipinski definition) is 1. The number of benzene rings is 1. The Hall–Kier alpha value is -1.24. The topological polar surface area (TPSA) is 9.23 Å². The van der Waals surface area contributed by atoms with Gasteiger partial charge in [-0.25, -0.2) is 0 Å². The van der Waals surface area contributed by atoms with Crippen LogP contribution >= 0.6 is 0 Å². The van der Waals surface area contributed by atoms with Crippen LogP contribution < -0.4 is 0 Å². The van der Waals surface area contributed by atoms with E-state index in [1.807, 2.05) is 0 Å². The minimum Gasteiger partial charge on any atom is -0.497 e. The van der Waals surface area contributed by atoms with Crippen LogP contribution in [0.4, 0.5) is 0 Å². The Labute approximate surface area is 111 Å². The summed E-state index contributed by atoms with van der Waals surface area (Å²) < 4.78 is 5.29. The third-order valence-corrected chi connectivity index (χ3v) is 4.10. The van der Waals surface area contributed by atoms with Crippen molar-refractivity contribution in [3.05, 3.63) is 41.5 Å². The standard InChI is InChI=1S/C17H24O/c1-13-8-11-17(14(2)18-3)16(12-13)10-9-15-6-4-5-7-15/h8,11-12,15H,2,4-7,9-10H2,1,3H3. The third kappa shape index (κ3) is 3.16. The van der Waals surface area contributed by atoms with Crippen molar-refractivity contribution >= 4 is 5.76 Å². The van der Waals surface area contributed by atoms with Crippen molar-refractivity contribution in [3.63, 3.8) is 0 Å². The molecule has 0 unspecified atom stereocenters. The van der Waals surface area contributed by atoms with Crippen molar-refractivity contribution in [1.29, 1.82) is 0 Å². The summed E-state index contributed by atoms with van der Waals surface area (Å²) >= 11 is 0. The molecule has 1 fully saturated rings. The lowest BCUT2D eigenvalue weighted by molar-refractivity contribution is 0.370. The van der Waals surface area contributed by atoms with Crippen LogP contribution in [0.15, 0.2) is 24.8 Å². The summed E-state index contributed by atoms with van der Waals surface area (Å²) in [4.78, 5) is 0. The Kier molecular flexibility index (Phi) is 4.46. The first-order chi connectivity index (χ1) is 8.70. The van der Waals surface area contributed by atoms with Gasteiger partial charge in [0.2, 0.25) is 0 Å². The van der Waals surface area contributed by atoms with Crippen molar-refractivity contribution in [3.8, 4) is 0 Å². The largest absolute Gasteiger partial charge is 0.497 e. The second-order valence-corrected chi connectivity index (χ2v) is 5.48. The molecule has 18 heavy (non-hydrogen) atoms. The zero-order valence-corrected chi connectivity index (χ0v) is 11.7. The summed E-state index contributed by atoms with van der Waals surface area (Å²) in [5, 5.41) is 0. The quantitative estimate of drug-likeness (QED) is 0.680. The highest BCUT2D eigenvalue weighted by Gasteiger charge is 2.16. The fourth-order valence-corrected chi connectivity index (χ4v) is 2.97. The molecule has 2 rings (SSSR count). The Balaban J connectivity index is 2.08. The van der Waals surface area contributed by atoms with Gasteiger partial charge in [0.25, 0.3) is 0 Å². The molecule has 0 amide bonds. The second kappa shape index (κ2) is 6.08. The van der Waals surface area contributed by atoms with Crippen LogP contribution in [0.1, 0.15) is 48.8 Å². The Bertz CT molecular complexity index is 414. The van der Waals surface area contributed by atoms with Crippen molar-refractivity contribution in [2.75, 3.05) is 7.11 Å². The Morgan fingerprint density at radius 2 is 2.06 bits per heavy atom. The van der Waals surface area contributed by atoms with E-state index in [1.54, 1.807) is 7.11 Å². The molecule has 1 aliphatic rings. The Morgan fingerprint density at radius 1 is 1.33 bits per heavy atom. The zero-order chi connectivity index (χ0) is 13.0. The first-order valence-electron chi connectivity index (χ1n) is 7.03. The van der Waals surface area contributed by atoms with Gasteiger partial charge in [-0.3, -0.25) is 0 Å². The van der Waals surface area contributed by atoms with Crippen LogP contribution in [0.3, 0.4) is 0 Å². The monoisotopic (exact) mass is 244 g/mol. The molecule has 0 saturated heterocycles. The second-order valence-electron chi connectivity index (χ2n) is 5.48. The van der Waals surface area contributed by atoms with E-state index < -0.39 is 0 Å². The van der Waals surface area contributed by atoms with Gasteiger partial charge >= 0.3 is 0 Å². The van der Waals surface area contributed by atoms with Crippen LogP contribution in [0.25, 0.3) is 5.76 Å². The maximum absolute atomic E-state index is 5.29. The number of ether oxygens (including phenoxy) is 1. The minimum atomic E-state index is 0.788. The molecule has 1 heteroatoms. The molecular formula is C17H24O. The molecule has 0 aliphatic heterocycles. The molecule has 0 N–H and O–H groups in total. The van der Waals surface area contributed by atoms with E-state index in [4.69, 9.17) is 4.74 Å². The summed E-state index contributed by atoms with van der Waals surface area (Å²) in [6.07, 6.45) is 8.17. The molecule has 1 saturated carbocycles. The van der Waals surface area contributed by atoms with Gasteiger partial charge in [-0.2, -0.15) is 0 Å². The van der Waals surface area contributed by atoms with Gasteiger partial charge in [0, 0.05) is 5.56 Å². The van der Waals surface area contributed by atoms with Crippen LogP contribution in [-0.2, 0) is 11.2 Å². The van der Waals surface area contributed by atoms with Crippen LogP contribution in [0.2, 0.25) is 0 Å². The fraction of sp³-hybridized carbons (Fsp3) is 0.529. The maximum Gasteiger partial charge on any atom is 0.119 e. The molecule has 0 aromatic heterocycles. The highest BCUT2D eigenvalue weighted by atomic mass is 16.5. The average Bonchev–Trinajstić information content (AvgIpc) is 2.88. The third-order valence-electron chi connectivity index (χ3n) is 4.10. The van der Waals surface area contributed by atoms with Gasteiger partial charge in [-0.05, 0) is 31.2 Å². The zero-order valence-electron chi connectivity index (χ0n) is 11.7. The van der Waals surface area contributed by atoms with Crippen molar-refractivity contribution in [2.24, 2.45) is 5.92 Å². The number of rotatable bonds is 5. The summed E-state index contributed by atoms with van der Waals surface area (Å²) in [6, 6.07) is 6.57. The van der Waals surface area contributed by atoms with Gasteiger partial charge in [-0.15, -0.1) is 0 Å². The molecule has 1 aromatic rings. The van der Waals surface area contributed by atoms with E-state index in [2.05, 4.69) is 31.7 Å². The summed E-state index contributed by atoms with van der Waals surface area (Å²) in [5.41, 5.74) is 3.90. The van der Waals surface area contributed by atoms with E-state index in [0.717, 1.165) is 18.1 Å². The van der Waals surface area contributed by atoms with Crippen LogP contribution in [-0.4, -0.2) is 7.11 Å². The number of methoxy groups -OCH3 is 1. The first-order valence-corrected chi connectivity index (χ1v) is 7.03. The average molecular weight is 244 g/mol. The van der Waals surface area contributed by atoms with E-state index >= 15 is 0 Å². The van der Waals surface area contributed by atoms with Gasteiger partial charge in [-0.1, -0.05) is 56.0 Å². The molecular weight excluding hydrogens is 220 g/mol. The molecule has 0 heterocycles. The summed E-state index contributed by atoms with van der Waals surface area (Å²) in [7, 11) is 1.70. The maximum atomic E-state index is 5.29. The predicted molar refractivity (Wildman–Crippen MR) is 77.5 cm³/mol. The molecule has 1 nitrogen and oxygen atoms in total.